The number of nitrogens with zero attached hydrogens (tertiary/aromatic N) is 2. The molecule has 3 aliphatic rings. The summed E-state index contributed by atoms with van der Waals surface area (Å²) in [5, 5.41) is 2.74. The summed E-state index contributed by atoms with van der Waals surface area (Å²) in [7, 11) is -2.14. The number of rotatable bonds is 3. The molecule has 1 aliphatic carbocycles. The van der Waals surface area contributed by atoms with Gasteiger partial charge in [0.1, 0.15) is 16.5 Å². The molecule has 1 saturated carbocycles. The molecule has 2 atom stereocenters. The Hall–Kier alpha value is -1.96. The molecule has 1 aromatic carbocycles. The Morgan fingerprint density at radius 3 is 2.88 bits per heavy atom. The van der Waals surface area contributed by atoms with E-state index in [0.29, 0.717) is 18.8 Å². The molecule has 136 valence electrons. The Balaban J connectivity index is 1.81. The zero-order valence-electron chi connectivity index (χ0n) is 14.5. The molecule has 4 rings (SSSR count). The van der Waals surface area contributed by atoms with Crippen molar-refractivity contribution in [2.24, 2.45) is 16.6 Å². The van der Waals surface area contributed by atoms with Crippen LogP contribution in [0.4, 0.5) is 5.69 Å². The number of hydrogen-bond acceptors (Lipinski definition) is 6. The van der Waals surface area contributed by atoms with Gasteiger partial charge in [0.2, 0.25) is 16.0 Å². The van der Waals surface area contributed by atoms with E-state index in [1.807, 2.05) is 25.1 Å². The number of aliphatic imine (C=N–C) groups is 1. The molecule has 3 N–H and O–H groups in total. The second-order valence-electron chi connectivity index (χ2n) is 7.29. The van der Waals surface area contributed by atoms with Gasteiger partial charge in [0.25, 0.3) is 0 Å². The molecule has 0 amide bonds. The fraction of sp³-hybridized carbons (Fsp3) is 0.588. The molecule has 0 bridgehead atoms. The fourth-order valence-electron chi connectivity index (χ4n) is 3.68. The Morgan fingerprint density at radius 1 is 1.40 bits per heavy atom. The average Bonchev–Trinajstić information content (AvgIpc) is 3.39. The van der Waals surface area contributed by atoms with Crippen molar-refractivity contribution in [3.63, 3.8) is 0 Å². The van der Waals surface area contributed by atoms with Crippen LogP contribution in [0.15, 0.2) is 23.2 Å². The molecule has 7 nitrogen and oxygen atoms in total. The third-order valence-corrected chi connectivity index (χ3v) is 7.86. The van der Waals surface area contributed by atoms with E-state index in [0.717, 1.165) is 28.0 Å². The van der Waals surface area contributed by atoms with Gasteiger partial charge in [-0.3, -0.25) is 0 Å². The first-order chi connectivity index (χ1) is 11.8. The molecule has 1 aromatic rings. The van der Waals surface area contributed by atoms with Crippen LogP contribution in [0.2, 0.25) is 0 Å². The van der Waals surface area contributed by atoms with E-state index in [1.165, 1.54) is 19.9 Å². The van der Waals surface area contributed by atoms with Crippen molar-refractivity contribution in [3.8, 4) is 5.75 Å². The summed E-state index contributed by atoms with van der Waals surface area (Å²) in [6.07, 6.45) is 2.91. The first-order valence-electron chi connectivity index (χ1n) is 8.66. The molecule has 2 heterocycles. The normalized spacial score (nSPS) is 30.4. The molecule has 1 fully saturated rings. The van der Waals surface area contributed by atoms with Crippen LogP contribution >= 0.6 is 0 Å². The topological polar surface area (TPSA) is 97.0 Å². The maximum absolute atomic E-state index is 12.9. The van der Waals surface area contributed by atoms with Crippen LogP contribution in [0.1, 0.15) is 31.7 Å². The SMILES string of the molecule is CN1C(N)=N[C@]2(C)c3cc(NCC4CC4)ccc3OCC[C@@H]2S1(=O)=O. The van der Waals surface area contributed by atoms with Crippen molar-refractivity contribution in [1.82, 2.24) is 4.31 Å². The van der Waals surface area contributed by atoms with Crippen LogP contribution in [0.25, 0.3) is 0 Å². The number of benzene rings is 1. The van der Waals surface area contributed by atoms with Crippen LogP contribution in [-0.2, 0) is 15.6 Å². The zero-order valence-corrected chi connectivity index (χ0v) is 15.3. The number of anilines is 1. The number of nitrogens with one attached hydrogen (secondary N) is 1. The minimum Gasteiger partial charge on any atom is -0.493 e. The lowest BCUT2D eigenvalue weighted by Gasteiger charge is -2.40. The molecule has 8 heteroatoms. The lowest BCUT2D eigenvalue weighted by atomic mass is 9.87. The van der Waals surface area contributed by atoms with Crippen LogP contribution < -0.4 is 15.8 Å². The predicted octanol–water partition coefficient (Wildman–Crippen LogP) is 1.46. The minimum atomic E-state index is -3.59. The summed E-state index contributed by atoms with van der Waals surface area (Å²) in [6, 6.07) is 5.84. The number of fused-ring (bicyclic) bond motifs is 3. The highest BCUT2D eigenvalue weighted by molar-refractivity contribution is 7.90. The van der Waals surface area contributed by atoms with Crippen molar-refractivity contribution in [2.75, 3.05) is 25.5 Å². The summed E-state index contributed by atoms with van der Waals surface area (Å²) in [6.45, 7) is 3.12. The molecule has 0 unspecified atom stereocenters. The van der Waals surface area contributed by atoms with E-state index in [9.17, 15) is 8.42 Å². The van der Waals surface area contributed by atoms with Crippen molar-refractivity contribution in [1.29, 1.82) is 0 Å². The fourth-order valence-corrected chi connectivity index (χ4v) is 5.51. The van der Waals surface area contributed by atoms with Crippen LogP contribution in [0.3, 0.4) is 0 Å². The largest absolute Gasteiger partial charge is 0.493 e. The molecule has 0 radical (unpaired) electrons. The van der Waals surface area contributed by atoms with Gasteiger partial charge in [0.15, 0.2) is 0 Å². The second kappa shape index (κ2) is 5.52. The van der Waals surface area contributed by atoms with Crippen molar-refractivity contribution in [3.05, 3.63) is 23.8 Å². The van der Waals surface area contributed by atoms with Crippen LogP contribution in [0.5, 0.6) is 5.75 Å². The van der Waals surface area contributed by atoms with Gasteiger partial charge in [0, 0.05) is 31.3 Å². The maximum Gasteiger partial charge on any atom is 0.242 e. The van der Waals surface area contributed by atoms with Gasteiger partial charge in [-0.2, -0.15) is 0 Å². The van der Waals surface area contributed by atoms with Crippen molar-refractivity contribution < 1.29 is 13.2 Å². The van der Waals surface area contributed by atoms with Gasteiger partial charge in [-0.25, -0.2) is 17.7 Å². The Bertz CT molecular complexity index is 834. The van der Waals surface area contributed by atoms with E-state index in [4.69, 9.17) is 10.5 Å². The van der Waals surface area contributed by atoms with Gasteiger partial charge in [0.05, 0.1) is 6.61 Å². The summed E-state index contributed by atoms with van der Waals surface area (Å²) >= 11 is 0. The predicted molar refractivity (Wildman–Crippen MR) is 97.2 cm³/mol. The van der Waals surface area contributed by atoms with E-state index >= 15 is 0 Å². The highest BCUT2D eigenvalue weighted by Gasteiger charge is 2.52. The molecule has 0 spiro atoms. The van der Waals surface area contributed by atoms with Gasteiger partial charge in [-0.1, -0.05) is 0 Å². The van der Waals surface area contributed by atoms with Crippen molar-refractivity contribution in [2.45, 2.75) is 37.0 Å². The van der Waals surface area contributed by atoms with Crippen LogP contribution in [-0.4, -0.2) is 44.1 Å². The quantitative estimate of drug-likeness (QED) is 0.846. The monoisotopic (exact) mass is 364 g/mol. The van der Waals surface area contributed by atoms with Gasteiger partial charge >= 0.3 is 0 Å². The third-order valence-electron chi connectivity index (χ3n) is 5.49. The van der Waals surface area contributed by atoms with Gasteiger partial charge in [-0.05, 0) is 43.9 Å². The highest BCUT2D eigenvalue weighted by Crippen LogP contribution is 2.46. The Labute approximate surface area is 148 Å². The summed E-state index contributed by atoms with van der Waals surface area (Å²) < 4.78 is 32.8. The van der Waals surface area contributed by atoms with Crippen molar-refractivity contribution >= 4 is 21.7 Å². The molecular formula is C17H24N4O3S. The molecule has 25 heavy (non-hydrogen) atoms. The average molecular weight is 364 g/mol. The molecule has 0 aromatic heterocycles. The van der Waals surface area contributed by atoms with E-state index in [-0.39, 0.29) is 5.96 Å². The summed E-state index contributed by atoms with van der Waals surface area (Å²) in [4.78, 5) is 4.60. The lowest BCUT2D eigenvalue weighted by Crippen LogP contribution is -2.56. The number of guanidine groups is 1. The van der Waals surface area contributed by atoms with E-state index in [2.05, 4.69) is 10.3 Å². The summed E-state index contributed by atoms with van der Waals surface area (Å²) in [5.74, 6) is 1.44. The lowest BCUT2D eigenvalue weighted by molar-refractivity contribution is 0.310. The molecular weight excluding hydrogens is 340 g/mol. The minimum absolute atomic E-state index is 0.0166. The number of ether oxygens (including phenoxy) is 1. The number of nitrogens with two attached hydrogens (primary N) is 1. The second-order valence-corrected chi connectivity index (χ2v) is 9.44. The van der Waals surface area contributed by atoms with Crippen LogP contribution in [0, 0.1) is 5.92 Å². The zero-order chi connectivity index (χ0) is 17.8. The maximum atomic E-state index is 12.9. The standard InChI is InChI=1S/C17H24N4O3S/c1-17-13-9-12(19-10-11-3-4-11)5-6-14(13)24-8-7-15(17)25(22,23)21(2)16(18)20-17/h5-6,9,11,15,19H,3-4,7-8,10H2,1-2H3,(H2,18,20)/t15-,17+/m0/s1. The molecule has 0 saturated heterocycles. The first kappa shape index (κ1) is 16.5. The smallest absolute Gasteiger partial charge is 0.242 e. The number of sulfonamides is 1. The first-order valence-corrected chi connectivity index (χ1v) is 10.2. The Kier molecular flexibility index (Phi) is 3.64. The van der Waals surface area contributed by atoms with E-state index in [1.54, 1.807) is 0 Å². The highest BCUT2D eigenvalue weighted by atomic mass is 32.2. The van der Waals surface area contributed by atoms with Gasteiger partial charge < -0.3 is 15.8 Å². The van der Waals surface area contributed by atoms with E-state index < -0.39 is 20.8 Å². The third kappa shape index (κ3) is 2.63. The van der Waals surface area contributed by atoms with Gasteiger partial charge in [-0.15, -0.1) is 0 Å². The number of hydrogen-bond donors (Lipinski definition) is 2. The molecule has 2 aliphatic heterocycles. The Morgan fingerprint density at radius 2 is 2.16 bits per heavy atom. The summed E-state index contributed by atoms with van der Waals surface area (Å²) in [5.41, 5.74) is 6.71.